The van der Waals surface area contributed by atoms with Crippen LogP contribution in [0.5, 0.6) is 0 Å². The molecule has 0 aliphatic heterocycles. The maximum atomic E-state index is 4.68. The molecule has 0 aliphatic rings. The van der Waals surface area contributed by atoms with Gasteiger partial charge < -0.3 is 15.1 Å². The van der Waals surface area contributed by atoms with Crippen LogP contribution in [0.25, 0.3) is 0 Å². The van der Waals surface area contributed by atoms with Crippen LogP contribution in [0.1, 0.15) is 30.3 Å². The number of hydrogen-bond acceptors (Lipinski definition) is 5. The summed E-state index contributed by atoms with van der Waals surface area (Å²) < 4.78 is 0. The summed E-state index contributed by atoms with van der Waals surface area (Å²) in [4.78, 5) is 10.5. The Hall–Kier alpha value is -0.650. The lowest BCUT2D eigenvalue weighted by Gasteiger charge is -2.17. The van der Waals surface area contributed by atoms with Gasteiger partial charge in [-0.15, -0.1) is 11.3 Å². The van der Waals surface area contributed by atoms with Crippen molar-refractivity contribution in [1.82, 2.24) is 15.2 Å². The summed E-state index contributed by atoms with van der Waals surface area (Å²) in [5, 5.41) is 4.59. The van der Waals surface area contributed by atoms with Gasteiger partial charge in [0.2, 0.25) is 0 Å². The summed E-state index contributed by atoms with van der Waals surface area (Å²) in [7, 11) is 6.37. The fourth-order valence-corrected chi connectivity index (χ4v) is 2.86. The molecule has 1 rings (SSSR count). The first kappa shape index (κ1) is 16.4. The molecule has 1 heterocycles. The normalized spacial score (nSPS) is 11.3. The number of hydrogen-bond donors (Lipinski definition) is 1. The summed E-state index contributed by atoms with van der Waals surface area (Å²) >= 11 is 1.82. The molecule has 1 N–H and O–H groups in total. The molecule has 0 spiro atoms. The molecule has 0 saturated carbocycles. The van der Waals surface area contributed by atoms with Crippen molar-refractivity contribution in [3.8, 4) is 0 Å². The molecular weight excluding hydrogens is 256 g/mol. The quantitative estimate of drug-likeness (QED) is 0.705. The molecule has 0 aliphatic carbocycles. The molecule has 0 fully saturated rings. The maximum Gasteiger partial charge on any atom is 0.185 e. The van der Waals surface area contributed by atoms with Crippen LogP contribution in [0.15, 0.2) is 0 Å². The molecule has 19 heavy (non-hydrogen) atoms. The minimum atomic E-state index is 0.947. The Morgan fingerprint density at radius 2 is 1.95 bits per heavy atom. The number of aryl methyl sites for hydroxylation is 1. The van der Waals surface area contributed by atoms with Crippen LogP contribution in [0.2, 0.25) is 0 Å². The van der Waals surface area contributed by atoms with E-state index in [-0.39, 0.29) is 0 Å². The largest absolute Gasteiger partial charge is 0.351 e. The molecule has 0 aromatic carbocycles. The molecule has 1 aromatic heterocycles. The van der Waals surface area contributed by atoms with Crippen molar-refractivity contribution < 1.29 is 0 Å². The van der Waals surface area contributed by atoms with Gasteiger partial charge in [-0.1, -0.05) is 6.92 Å². The van der Waals surface area contributed by atoms with Crippen LogP contribution in [-0.4, -0.2) is 50.7 Å². The van der Waals surface area contributed by atoms with Crippen LogP contribution >= 0.6 is 11.3 Å². The second-order valence-electron chi connectivity index (χ2n) is 5.26. The third-order valence-corrected chi connectivity index (χ3v) is 4.29. The van der Waals surface area contributed by atoms with Gasteiger partial charge in [0.25, 0.3) is 0 Å². The second kappa shape index (κ2) is 8.51. The third kappa shape index (κ3) is 5.89. The summed E-state index contributed by atoms with van der Waals surface area (Å²) in [5.41, 5.74) is 1.17. The van der Waals surface area contributed by atoms with E-state index in [1.54, 1.807) is 0 Å². The van der Waals surface area contributed by atoms with Gasteiger partial charge in [-0.3, -0.25) is 0 Å². The number of aromatic nitrogens is 1. The molecule has 0 radical (unpaired) electrons. The summed E-state index contributed by atoms with van der Waals surface area (Å²) in [6.45, 7) is 8.51. The molecule has 5 heteroatoms. The maximum absolute atomic E-state index is 4.68. The molecule has 0 amide bonds. The average Bonchev–Trinajstić information content (AvgIpc) is 2.71. The molecule has 0 atom stereocenters. The molecule has 110 valence electrons. The number of nitrogens with one attached hydrogen (secondary N) is 1. The fraction of sp³-hybridized carbons (Fsp3) is 0.786. The lowest BCUT2D eigenvalue weighted by molar-refractivity contribution is 0.401. The Balaban J connectivity index is 2.46. The van der Waals surface area contributed by atoms with Crippen LogP contribution in [-0.2, 0) is 6.54 Å². The summed E-state index contributed by atoms with van der Waals surface area (Å²) in [5.74, 6) is 0. The summed E-state index contributed by atoms with van der Waals surface area (Å²) in [6, 6.07) is 0. The van der Waals surface area contributed by atoms with Crippen LogP contribution < -0.4 is 10.2 Å². The first-order chi connectivity index (χ1) is 9.04. The standard InChI is InChI=1S/C14H28N4S/c1-6-8-15-11-13-12(2)16-14(19-13)18(5)10-7-9-17(3)4/h15H,6-11H2,1-5H3. The van der Waals surface area contributed by atoms with Gasteiger partial charge in [0, 0.05) is 25.0 Å². The predicted octanol–water partition coefficient (Wildman–Crippen LogP) is 2.34. The smallest absolute Gasteiger partial charge is 0.185 e. The summed E-state index contributed by atoms with van der Waals surface area (Å²) in [6.07, 6.45) is 2.35. The van der Waals surface area contributed by atoms with Crippen molar-refractivity contribution in [2.45, 2.75) is 33.2 Å². The van der Waals surface area contributed by atoms with Gasteiger partial charge in [0.05, 0.1) is 5.69 Å². The average molecular weight is 284 g/mol. The fourth-order valence-electron chi connectivity index (χ4n) is 1.84. The van der Waals surface area contributed by atoms with E-state index in [2.05, 4.69) is 55.1 Å². The number of thiazole rings is 1. The van der Waals surface area contributed by atoms with Gasteiger partial charge >= 0.3 is 0 Å². The van der Waals surface area contributed by atoms with Crippen molar-refractivity contribution >= 4 is 16.5 Å². The van der Waals surface area contributed by atoms with E-state index in [4.69, 9.17) is 0 Å². The van der Waals surface area contributed by atoms with Crippen molar-refractivity contribution in [2.24, 2.45) is 0 Å². The minimum Gasteiger partial charge on any atom is -0.351 e. The second-order valence-corrected chi connectivity index (χ2v) is 6.32. The SMILES string of the molecule is CCCNCc1sc(N(C)CCCN(C)C)nc1C. The van der Waals surface area contributed by atoms with E-state index in [0.717, 1.165) is 31.3 Å². The molecular formula is C14H28N4S. The Labute approximate surface area is 121 Å². The number of anilines is 1. The van der Waals surface area contributed by atoms with Gasteiger partial charge in [0.1, 0.15) is 0 Å². The first-order valence-corrected chi connectivity index (χ1v) is 7.89. The van der Waals surface area contributed by atoms with E-state index in [9.17, 15) is 0 Å². The van der Waals surface area contributed by atoms with Crippen molar-refractivity contribution in [1.29, 1.82) is 0 Å². The third-order valence-electron chi connectivity index (χ3n) is 3.02. The van der Waals surface area contributed by atoms with Gasteiger partial charge in [-0.2, -0.15) is 0 Å². The van der Waals surface area contributed by atoms with Crippen molar-refractivity contribution in [3.63, 3.8) is 0 Å². The van der Waals surface area contributed by atoms with Gasteiger partial charge in [0.15, 0.2) is 5.13 Å². The highest BCUT2D eigenvalue weighted by Crippen LogP contribution is 2.25. The number of nitrogens with zero attached hydrogens (tertiary/aromatic N) is 3. The van der Waals surface area contributed by atoms with Crippen LogP contribution in [0.3, 0.4) is 0 Å². The van der Waals surface area contributed by atoms with E-state index in [1.807, 2.05) is 11.3 Å². The zero-order chi connectivity index (χ0) is 14.3. The lowest BCUT2D eigenvalue weighted by Crippen LogP contribution is -2.23. The van der Waals surface area contributed by atoms with Crippen LogP contribution in [0.4, 0.5) is 5.13 Å². The van der Waals surface area contributed by atoms with E-state index in [1.165, 1.54) is 23.4 Å². The molecule has 4 nitrogen and oxygen atoms in total. The zero-order valence-corrected chi connectivity index (χ0v) is 13.8. The van der Waals surface area contributed by atoms with Crippen molar-refractivity contribution in [3.05, 3.63) is 10.6 Å². The van der Waals surface area contributed by atoms with E-state index < -0.39 is 0 Å². The topological polar surface area (TPSA) is 31.4 Å². The highest BCUT2D eigenvalue weighted by Gasteiger charge is 2.10. The first-order valence-electron chi connectivity index (χ1n) is 7.07. The minimum absolute atomic E-state index is 0.947. The number of rotatable bonds is 9. The predicted molar refractivity (Wildman–Crippen MR) is 85.3 cm³/mol. The molecule has 1 aromatic rings. The van der Waals surface area contributed by atoms with E-state index in [0.29, 0.717) is 0 Å². The van der Waals surface area contributed by atoms with Crippen LogP contribution in [0, 0.1) is 6.92 Å². The molecule has 0 bridgehead atoms. The van der Waals surface area contributed by atoms with Gasteiger partial charge in [-0.05, 0) is 47.0 Å². The highest BCUT2D eigenvalue weighted by molar-refractivity contribution is 7.15. The van der Waals surface area contributed by atoms with E-state index >= 15 is 0 Å². The molecule has 0 unspecified atom stereocenters. The Morgan fingerprint density at radius 3 is 2.58 bits per heavy atom. The Kier molecular flexibility index (Phi) is 7.34. The molecule has 0 saturated heterocycles. The van der Waals surface area contributed by atoms with Crippen molar-refractivity contribution in [2.75, 3.05) is 45.7 Å². The zero-order valence-electron chi connectivity index (χ0n) is 13.0. The highest BCUT2D eigenvalue weighted by atomic mass is 32.1. The Morgan fingerprint density at radius 1 is 1.21 bits per heavy atom. The van der Waals surface area contributed by atoms with Gasteiger partial charge in [-0.25, -0.2) is 4.98 Å². The Bertz CT molecular complexity index is 362. The monoisotopic (exact) mass is 284 g/mol. The lowest BCUT2D eigenvalue weighted by atomic mass is 10.4.